The lowest BCUT2D eigenvalue weighted by atomic mass is 10.4. The molecule has 0 aliphatic carbocycles. The third-order valence-corrected chi connectivity index (χ3v) is 4.71. The monoisotopic (exact) mass is 344 g/mol. The van der Waals surface area contributed by atoms with Crippen LogP contribution in [0.15, 0.2) is 27.7 Å². The van der Waals surface area contributed by atoms with Gasteiger partial charge in [0.1, 0.15) is 15.3 Å². The van der Waals surface area contributed by atoms with Crippen LogP contribution >= 0.6 is 15.9 Å². The maximum absolute atomic E-state index is 12.3. The van der Waals surface area contributed by atoms with E-state index < -0.39 is 10.0 Å². The molecular weight excluding hydrogens is 332 g/mol. The van der Waals surface area contributed by atoms with Crippen molar-refractivity contribution >= 4 is 31.8 Å². The maximum atomic E-state index is 12.3. The first-order chi connectivity index (χ1) is 8.81. The van der Waals surface area contributed by atoms with Crippen molar-refractivity contribution in [1.82, 2.24) is 14.8 Å². The van der Waals surface area contributed by atoms with Crippen molar-refractivity contribution in [2.45, 2.75) is 18.7 Å². The summed E-state index contributed by atoms with van der Waals surface area (Å²) in [5, 5.41) is 4.10. The van der Waals surface area contributed by atoms with Crippen LogP contribution in [0.3, 0.4) is 0 Å². The average Bonchev–Trinajstić information content (AvgIpc) is 2.52. The molecule has 0 saturated carbocycles. The molecule has 0 amide bonds. The molecular formula is C11H13BrN4O2S. The van der Waals surface area contributed by atoms with Gasteiger partial charge in [0.25, 0.3) is 10.0 Å². The average molecular weight is 345 g/mol. The molecule has 0 radical (unpaired) electrons. The molecule has 19 heavy (non-hydrogen) atoms. The summed E-state index contributed by atoms with van der Waals surface area (Å²) in [5.74, 6) is 0.261. The fourth-order valence-corrected chi connectivity index (χ4v) is 3.58. The smallest absolute Gasteiger partial charge is 0.266 e. The maximum Gasteiger partial charge on any atom is 0.266 e. The highest BCUT2D eigenvalue weighted by atomic mass is 79.9. The number of nitrogens with zero attached hydrogens (tertiary/aromatic N) is 3. The Bertz CT molecular complexity index is 724. The Kier molecular flexibility index (Phi) is 3.64. The standard InChI is InChI=1S/C11H13BrN4O2S/c1-7-11(8(2)16(3)14-7)19(17,18)15-10-6-4-5-9(12)13-10/h4-6H,1-3H3,(H,13,15). The van der Waals surface area contributed by atoms with Gasteiger partial charge in [0.2, 0.25) is 0 Å². The molecule has 0 aromatic carbocycles. The van der Waals surface area contributed by atoms with Gasteiger partial charge in [-0.25, -0.2) is 13.4 Å². The predicted molar refractivity (Wildman–Crippen MR) is 75.4 cm³/mol. The minimum Gasteiger partial charge on any atom is -0.271 e. The number of hydrogen-bond donors (Lipinski definition) is 1. The number of rotatable bonds is 3. The van der Waals surface area contributed by atoms with Gasteiger partial charge in [0.05, 0.1) is 11.4 Å². The number of halogens is 1. The minimum absolute atomic E-state index is 0.191. The zero-order valence-electron chi connectivity index (χ0n) is 10.7. The summed E-state index contributed by atoms with van der Waals surface area (Å²) in [7, 11) is -1.98. The van der Waals surface area contributed by atoms with E-state index in [1.54, 1.807) is 39.1 Å². The van der Waals surface area contributed by atoms with E-state index in [1.807, 2.05) is 0 Å². The topological polar surface area (TPSA) is 76.9 Å². The lowest BCUT2D eigenvalue weighted by Crippen LogP contribution is -2.15. The molecule has 2 aromatic heterocycles. The molecule has 0 saturated heterocycles. The molecule has 102 valence electrons. The SMILES string of the molecule is Cc1nn(C)c(C)c1S(=O)(=O)Nc1cccc(Br)n1. The Morgan fingerprint density at radius 3 is 2.53 bits per heavy atom. The summed E-state index contributed by atoms with van der Waals surface area (Å²) in [4.78, 5) is 4.24. The van der Waals surface area contributed by atoms with Crippen LogP contribution in [0.2, 0.25) is 0 Å². The van der Waals surface area contributed by atoms with E-state index in [0.717, 1.165) is 0 Å². The molecule has 2 aromatic rings. The summed E-state index contributed by atoms with van der Waals surface area (Å²) >= 11 is 3.20. The number of nitrogens with one attached hydrogen (secondary N) is 1. The van der Waals surface area contributed by atoms with E-state index in [0.29, 0.717) is 16.0 Å². The molecule has 2 rings (SSSR count). The zero-order valence-corrected chi connectivity index (χ0v) is 13.1. The van der Waals surface area contributed by atoms with E-state index in [1.165, 1.54) is 4.68 Å². The molecule has 0 aliphatic heterocycles. The van der Waals surface area contributed by atoms with E-state index in [9.17, 15) is 8.42 Å². The largest absolute Gasteiger partial charge is 0.271 e. The van der Waals surface area contributed by atoms with E-state index in [-0.39, 0.29) is 10.7 Å². The van der Waals surface area contributed by atoms with Gasteiger partial charge in [-0.3, -0.25) is 9.40 Å². The molecule has 0 fully saturated rings. The molecule has 8 heteroatoms. The van der Waals surface area contributed by atoms with Crippen molar-refractivity contribution < 1.29 is 8.42 Å². The molecule has 2 heterocycles. The zero-order chi connectivity index (χ0) is 14.2. The van der Waals surface area contributed by atoms with Crippen LogP contribution in [-0.4, -0.2) is 23.2 Å². The van der Waals surface area contributed by atoms with Crippen LogP contribution in [0.5, 0.6) is 0 Å². The fraction of sp³-hybridized carbons (Fsp3) is 0.273. The Hall–Kier alpha value is -1.41. The summed E-state index contributed by atoms with van der Waals surface area (Å²) in [6.45, 7) is 3.37. The van der Waals surface area contributed by atoms with Gasteiger partial charge < -0.3 is 0 Å². The van der Waals surface area contributed by atoms with E-state index in [2.05, 4.69) is 30.7 Å². The number of pyridine rings is 1. The third kappa shape index (κ3) is 2.79. The second-order valence-corrected chi connectivity index (χ2v) is 6.51. The first-order valence-corrected chi connectivity index (χ1v) is 7.74. The summed E-state index contributed by atoms with van der Waals surface area (Å²) < 4.78 is 29.2. The second kappa shape index (κ2) is 4.93. The highest BCUT2D eigenvalue weighted by Gasteiger charge is 2.24. The van der Waals surface area contributed by atoms with Crippen LogP contribution in [0.4, 0.5) is 5.82 Å². The predicted octanol–water partition coefficient (Wildman–Crippen LogP) is 2.00. The molecule has 6 nitrogen and oxygen atoms in total. The first-order valence-electron chi connectivity index (χ1n) is 5.47. The van der Waals surface area contributed by atoms with E-state index in [4.69, 9.17) is 0 Å². The van der Waals surface area contributed by atoms with Crippen LogP contribution in [-0.2, 0) is 17.1 Å². The summed E-state index contributed by atoms with van der Waals surface area (Å²) in [6, 6.07) is 5.01. The van der Waals surface area contributed by atoms with Gasteiger partial charge >= 0.3 is 0 Å². The van der Waals surface area contributed by atoms with Crippen molar-refractivity contribution in [3.8, 4) is 0 Å². The number of sulfonamides is 1. The van der Waals surface area contributed by atoms with Crippen molar-refractivity contribution in [1.29, 1.82) is 0 Å². The molecule has 0 spiro atoms. The fourth-order valence-electron chi connectivity index (χ4n) is 1.80. The van der Waals surface area contributed by atoms with Crippen LogP contribution < -0.4 is 4.72 Å². The number of aromatic nitrogens is 3. The number of hydrogen-bond acceptors (Lipinski definition) is 4. The molecule has 0 aliphatic rings. The van der Waals surface area contributed by atoms with Gasteiger partial charge in [-0.1, -0.05) is 6.07 Å². The quantitative estimate of drug-likeness (QED) is 0.864. The third-order valence-electron chi connectivity index (χ3n) is 2.67. The van der Waals surface area contributed by atoms with Gasteiger partial charge in [-0.05, 0) is 41.9 Å². The Balaban J connectivity index is 2.44. The van der Waals surface area contributed by atoms with Gasteiger partial charge in [-0.15, -0.1) is 0 Å². The van der Waals surface area contributed by atoms with Crippen LogP contribution in [0.25, 0.3) is 0 Å². The second-order valence-electron chi connectivity index (χ2n) is 4.07. The normalized spacial score (nSPS) is 11.6. The number of anilines is 1. The lowest BCUT2D eigenvalue weighted by molar-refractivity contribution is 0.599. The molecule has 0 unspecified atom stereocenters. The van der Waals surface area contributed by atoms with Crippen molar-refractivity contribution in [2.24, 2.45) is 7.05 Å². The van der Waals surface area contributed by atoms with E-state index >= 15 is 0 Å². The van der Waals surface area contributed by atoms with Gasteiger partial charge in [0, 0.05) is 7.05 Å². The molecule has 0 bridgehead atoms. The Labute approximate surface area is 120 Å². The van der Waals surface area contributed by atoms with Crippen molar-refractivity contribution in [3.63, 3.8) is 0 Å². The van der Waals surface area contributed by atoms with Crippen molar-refractivity contribution in [2.75, 3.05) is 4.72 Å². The van der Waals surface area contributed by atoms with Crippen LogP contribution in [0.1, 0.15) is 11.4 Å². The highest BCUT2D eigenvalue weighted by Crippen LogP contribution is 2.21. The molecule has 0 atom stereocenters. The Morgan fingerprint density at radius 1 is 1.32 bits per heavy atom. The van der Waals surface area contributed by atoms with Gasteiger partial charge in [0.15, 0.2) is 0 Å². The minimum atomic E-state index is -3.69. The first kappa shape index (κ1) is 14.0. The lowest BCUT2D eigenvalue weighted by Gasteiger charge is -2.07. The summed E-state index contributed by atoms with van der Waals surface area (Å²) in [6.07, 6.45) is 0. The highest BCUT2D eigenvalue weighted by molar-refractivity contribution is 9.10. The van der Waals surface area contributed by atoms with Gasteiger partial charge in [-0.2, -0.15) is 5.10 Å². The summed E-state index contributed by atoms with van der Waals surface area (Å²) in [5.41, 5.74) is 1.04. The Morgan fingerprint density at radius 2 is 2.00 bits per heavy atom. The molecule has 1 N–H and O–H groups in total. The van der Waals surface area contributed by atoms with Crippen LogP contribution in [0, 0.1) is 13.8 Å². The number of aryl methyl sites for hydroxylation is 2. The van der Waals surface area contributed by atoms with Crippen molar-refractivity contribution in [3.05, 3.63) is 34.2 Å².